The topological polar surface area (TPSA) is 54.5 Å². The number of aromatic nitrogens is 1. The maximum atomic E-state index is 12.6. The van der Waals surface area contributed by atoms with Gasteiger partial charge in [0, 0.05) is 37.0 Å². The number of alkyl halides is 5. The molecule has 0 saturated carbocycles. The van der Waals surface area contributed by atoms with E-state index in [0.717, 1.165) is 12.3 Å². The van der Waals surface area contributed by atoms with E-state index in [1.165, 1.54) is 24.3 Å². The van der Waals surface area contributed by atoms with Crippen molar-refractivity contribution in [2.24, 2.45) is 0 Å². The van der Waals surface area contributed by atoms with Crippen LogP contribution in [0.3, 0.4) is 0 Å². The quantitative estimate of drug-likeness (QED) is 0.530. The number of piperidine rings is 1. The van der Waals surface area contributed by atoms with Gasteiger partial charge in [0.2, 0.25) is 5.91 Å². The number of hydrogen-bond donors (Lipinski definition) is 1. The first-order valence-corrected chi connectivity index (χ1v) is 9.53. The van der Waals surface area contributed by atoms with Crippen LogP contribution in [0, 0.1) is 0 Å². The molecule has 0 unspecified atom stereocenters. The fourth-order valence-electron chi connectivity index (χ4n) is 3.23. The Morgan fingerprint density at radius 2 is 1.87 bits per heavy atom. The summed E-state index contributed by atoms with van der Waals surface area (Å²) < 4.78 is 67.3. The molecule has 1 saturated heterocycles. The summed E-state index contributed by atoms with van der Waals surface area (Å²) in [5, 5.41) is 2.84. The van der Waals surface area contributed by atoms with Gasteiger partial charge in [-0.2, -0.15) is 22.0 Å². The number of pyridine rings is 1. The molecule has 0 aliphatic carbocycles. The van der Waals surface area contributed by atoms with Gasteiger partial charge in [-0.1, -0.05) is 18.2 Å². The molecule has 10 heteroatoms. The molecule has 1 fully saturated rings. The van der Waals surface area contributed by atoms with Crippen LogP contribution >= 0.6 is 0 Å². The molecule has 1 aliphatic rings. The molecule has 3 rings (SSSR count). The van der Waals surface area contributed by atoms with Crippen LogP contribution in [0.2, 0.25) is 0 Å². The maximum Gasteiger partial charge on any atom is 0.417 e. The molecule has 1 amide bonds. The van der Waals surface area contributed by atoms with Gasteiger partial charge >= 0.3 is 12.8 Å². The zero-order valence-electron chi connectivity index (χ0n) is 16.3. The minimum Gasteiger partial charge on any atom is -0.434 e. The Kier molecular flexibility index (Phi) is 7.09. The zero-order chi connectivity index (χ0) is 22.4. The minimum atomic E-state index is -4.43. The lowest BCUT2D eigenvalue weighted by atomic mass is 10.0. The fraction of sp³-hybridized carbons (Fsp3) is 0.333. The van der Waals surface area contributed by atoms with Gasteiger partial charge in [-0.3, -0.25) is 4.79 Å². The molecule has 0 spiro atoms. The summed E-state index contributed by atoms with van der Waals surface area (Å²) >= 11 is 0. The van der Waals surface area contributed by atoms with Gasteiger partial charge in [0.25, 0.3) is 0 Å². The van der Waals surface area contributed by atoms with Gasteiger partial charge in [0.1, 0.15) is 11.6 Å². The first-order chi connectivity index (χ1) is 14.7. The molecule has 0 radical (unpaired) electrons. The molecule has 1 N–H and O–H groups in total. The lowest BCUT2D eigenvalue weighted by molar-refractivity contribution is -0.137. The van der Waals surface area contributed by atoms with Gasteiger partial charge < -0.3 is 15.0 Å². The first kappa shape index (κ1) is 22.5. The second-order valence-electron chi connectivity index (χ2n) is 6.92. The molecule has 31 heavy (non-hydrogen) atoms. The highest BCUT2D eigenvalue weighted by Gasteiger charge is 2.31. The van der Waals surface area contributed by atoms with Gasteiger partial charge in [0.05, 0.1) is 5.56 Å². The van der Waals surface area contributed by atoms with Crippen molar-refractivity contribution in [3.8, 4) is 5.75 Å². The van der Waals surface area contributed by atoms with E-state index < -0.39 is 18.4 Å². The second-order valence-corrected chi connectivity index (χ2v) is 6.92. The summed E-state index contributed by atoms with van der Waals surface area (Å²) in [6.07, 6.45) is 0.207. The Balaban J connectivity index is 1.51. The van der Waals surface area contributed by atoms with Crippen LogP contribution in [0.1, 0.15) is 24.0 Å². The molecule has 166 valence electrons. The van der Waals surface area contributed by atoms with Crippen molar-refractivity contribution in [1.82, 2.24) is 10.3 Å². The lowest BCUT2D eigenvalue weighted by Gasteiger charge is -2.33. The summed E-state index contributed by atoms with van der Waals surface area (Å²) in [5.74, 6) is 0.0464. The number of nitrogens with one attached hydrogen (secondary N) is 1. The van der Waals surface area contributed by atoms with Gasteiger partial charge in [-0.15, -0.1) is 0 Å². The van der Waals surface area contributed by atoms with Crippen LogP contribution in [0.15, 0.2) is 48.7 Å². The molecule has 0 atom stereocenters. The van der Waals surface area contributed by atoms with Crippen LogP contribution in [0.4, 0.5) is 27.8 Å². The fourth-order valence-corrected chi connectivity index (χ4v) is 3.23. The monoisotopic (exact) mass is 441 g/mol. The molecule has 5 nitrogen and oxygen atoms in total. The highest BCUT2D eigenvalue weighted by molar-refractivity contribution is 5.92. The largest absolute Gasteiger partial charge is 0.434 e. The standard InChI is InChI=1S/C21H20F5N3O2/c22-20(23)31-17-4-2-1-3-14(17)5-8-19(30)28-16-9-11-29(12-10-16)18-7-6-15(13-27-18)21(24,25)26/h1-8,13,16,20H,9-12H2,(H,28,30)/b8-5+. The third-order valence-electron chi connectivity index (χ3n) is 4.79. The summed E-state index contributed by atoms with van der Waals surface area (Å²) in [5.41, 5.74) is -0.452. The molecule has 2 aromatic rings. The molecule has 0 bridgehead atoms. The van der Waals surface area contributed by atoms with E-state index in [0.29, 0.717) is 37.3 Å². The maximum absolute atomic E-state index is 12.6. The number of carbonyl (C=O) groups is 1. The highest BCUT2D eigenvalue weighted by atomic mass is 19.4. The van der Waals surface area contributed by atoms with Crippen LogP contribution in [-0.4, -0.2) is 36.6 Å². The highest BCUT2D eigenvalue weighted by Crippen LogP contribution is 2.30. The number of ether oxygens (including phenoxy) is 1. The Labute approximate surface area is 175 Å². The van der Waals surface area contributed by atoms with Crippen molar-refractivity contribution in [3.63, 3.8) is 0 Å². The van der Waals surface area contributed by atoms with Crippen LogP contribution in [0.5, 0.6) is 5.75 Å². The van der Waals surface area contributed by atoms with Crippen molar-refractivity contribution < 1.29 is 31.5 Å². The summed E-state index contributed by atoms with van der Waals surface area (Å²) in [6, 6.07) is 8.34. The van der Waals surface area contributed by atoms with E-state index in [4.69, 9.17) is 0 Å². The first-order valence-electron chi connectivity index (χ1n) is 9.53. The summed E-state index contributed by atoms with van der Waals surface area (Å²) in [4.78, 5) is 17.9. The summed E-state index contributed by atoms with van der Waals surface area (Å²) in [6.45, 7) is -1.91. The second kappa shape index (κ2) is 9.76. The summed E-state index contributed by atoms with van der Waals surface area (Å²) in [7, 11) is 0. The normalized spacial score (nSPS) is 15.5. The van der Waals surface area contributed by atoms with Gasteiger partial charge in [-0.25, -0.2) is 4.98 Å². The third-order valence-corrected chi connectivity index (χ3v) is 4.79. The number of para-hydroxylation sites is 1. The minimum absolute atomic E-state index is 0.0288. The van der Waals surface area contributed by atoms with Crippen molar-refractivity contribution >= 4 is 17.8 Å². The smallest absolute Gasteiger partial charge is 0.417 e. The Bertz CT molecular complexity index is 908. The van der Waals surface area contributed by atoms with Crippen LogP contribution in [-0.2, 0) is 11.0 Å². The van der Waals surface area contributed by atoms with E-state index in [-0.39, 0.29) is 17.7 Å². The van der Waals surface area contributed by atoms with E-state index in [1.807, 2.05) is 4.90 Å². The third kappa shape index (κ3) is 6.40. The Hall–Kier alpha value is -3.17. The van der Waals surface area contributed by atoms with E-state index in [9.17, 15) is 26.7 Å². The van der Waals surface area contributed by atoms with Gasteiger partial charge in [0.15, 0.2) is 0 Å². The molecular weight excluding hydrogens is 421 g/mol. The van der Waals surface area contributed by atoms with Crippen molar-refractivity contribution in [3.05, 3.63) is 59.8 Å². The van der Waals surface area contributed by atoms with Crippen LogP contribution in [0.25, 0.3) is 6.08 Å². The predicted molar refractivity (Wildman–Crippen MR) is 105 cm³/mol. The number of rotatable bonds is 6. The van der Waals surface area contributed by atoms with Crippen molar-refractivity contribution in [2.45, 2.75) is 31.7 Å². The number of nitrogens with zero attached hydrogens (tertiary/aromatic N) is 2. The number of anilines is 1. The Morgan fingerprint density at radius 3 is 2.48 bits per heavy atom. The molecule has 1 aliphatic heterocycles. The van der Waals surface area contributed by atoms with E-state index in [1.54, 1.807) is 18.2 Å². The SMILES string of the molecule is O=C(/C=C/c1ccccc1OC(F)F)NC1CCN(c2ccc(C(F)(F)F)cn2)CC1. The number of carbonyl (C=O) groups excluding carboxylic acids is 1. The average Bonchev–Trinajstić information content (AvgIpc) is 2.73. The zero-order valence-corrected chi connectivity index (χ0v) is 16.3. The van der Waals surface area contributed by atoms with E-state index in [2.05, 4.69) is 15.0 Å². The average molecular weight is 441 g/mol. The Morgan fingerprint density at radius 1 is 1.16 bits per heavy atom. The number of amides is 1. The van der Waals surface area contributed by atoms with Gasteiger partial charge in [-0.05, 0) is 37.1 Å². The molecular formula is C21H20F5N3O2. The van der Waals surface area contributed by atoms with Crippen molar-refractivity contribution in [1.29, 1.82) is 0 Å². The lowest BCUT2D eigenvalue weighted by Crippen LogP contribution is -2.44. The van der Waals surface area contributed by atoms with Crippen molar-refractivity contribution in [2.75, 3.05) is 18.0 Å². The van der Waals surface area contributed by atoms with E-state index >= 15 is 0 Å². The van der Waals surface area contributed by atoms with Crippen LogP contribution < -0.4 is 15.0 Å². The molecule has 1 aromatic carbocycles. The number of halogens is 5. The number of hydrogen-bond acceptors (Lipinski definition) is 4. The predicted octanol–water partition coefficient (Wildman–Crippen LogP) is 4.50. The number of benzene rings is 1. The molecule has 1 aromatic heterocycles. The molecule has 2 heterocycles.